The van der Waals surface area contributed by atoms with Gasteiger partial charge in [0.2, 0.25) is 5.88 Å². The smallest absolute Gasteiger partial charge is 0.275 e. The Hall–Kier alpha value is -3.26. The van der Waals surface area contributed by atoms with E-state index in [4.69, 9.17) is 4.74 Å². The van der Waals surface area contributed by atoms with Crippen LogP contribution < -0.4 is 15.6 Å². The number of carbonyl (C=O) groups excluding carboxylic acids is 2. The van der Waals surface area contributed by atoms with Gasteiger partial charge in [0.25, 0.3) is 11.8 Å². The van der Waals surface area contributed by atoms with E-state index in [0.29, 0.717) is 11.3 Å². The van der Waals surface area contributed by atoms with Crippen molar-refractivity contribution in [1.82, 2.24) is 20.8 Å². The van der Waals surface area contributed by atoms with Gasteiger partial charge in [-0.1, -0.05) is 15.9 Å². The van der Waals surface area contributed by atoms with Crippen LogP contribution in [-0.2, 0) is 0 Å². The molecule has 0 bridgehead atoms. The number of aromatic nitrogens is 2. The molecule has 0 spiro atoms. The Morgan fingerprint density at radius 3 is 2.38 bits per heavy atom. The van der Waals surface area contributed by atoms with Gasteiger partial charge < -0.3 is 4.74 Å². The Labute approximate surface area is 157 Å². The van der Waals surface area contributed by atoms with E-state index < -0.39 is 11.8 Å². The van der Waals surface area contributed by atoms with E-state index in [1.54, 1.807) is 42.6 Å². The predicted molar refractivity (Wildman–Crippen MR) is 97.6 cm³/mol. The highest BCUT2D eigenvalue weighted by atomic mass is 79.9. The van der Waals surface area contributed by atoms with Crippen LogP contribution in [0, 0.1) is 0 Å². The van der Waals surface area contributed by atoms with Crippen molar-refractivity contribution in [1.29, 1.82) is 0 Å². The molecule has 2 aromatic heterocycles. The summed E-state index contributed by atoms with van der Waals surface area (Å²) in [5.41, 5.74) is 5.17. The van der Waals surface area contributed by atoms with Crippen molar-refractivity contribution in [3.8, 4) is 11.6 Å². The Bertz CT molecular complexity index is 917. The number of halogens is 1. The molecule has 8 heteroatoms. The maximum atomic E-state index is 12.4. The van der Waals surface area contributed by atoms with Gasteiger partial charge in [0.1, 0.15) is 11.3 Å². The summed E-state index contributed by atoms with van der Waals surface area (Å²) in [6.45, 7) is 0. The van der Waals surface area contributed by atoms with Gasteiger partial charge in [-0.15, -0.1) is 0 Å². The number of hydrazine groups is 1. The zero-order chi connectivity index (χ0) is 18.4. The van der Waals surface area contributed by atoms with Crippen molar-refractivity contribution >= 4 is 27.7 Å². The molecule has 0 aliphatic heterocycles. The average molecular weight is 413 g/mol. The quantitative estimate of drug-likeness (QED) is 0.642. The minimum Gasteiger partial charge on any atom is -0.438 e. The summed E-state index contributed by atoms with van der Waals surface area (Å²) >= 11 is 3.34. The number of hydrogen-bond donors (Lipinski definition) is 2. The van der Waals surface area contributed by atoms with E-state index in [-0.39, 0.29) is 11.4 Å². The van der Waals surface area contributed by atoms with Crippen LogP contribution in [0.4, 0.5) is 0 Å². The lowest BCUT2D eigenvalue weighted by Crippen LogP contribution is -2.41. The molecule has 1 aromatic carbocycles. The van der Waals surface area contributed by atoms with Crippen molar-refractivity contribution in [2.24, 2.45) is 0 Å². The van der Waals surface area contributed by atoms with Gasteiger partial charge in [-0.25, -0.2) is 4.98 Å². The molecule has 0 saturated carbocycles. The fraction of sp³-hybridized carbons (Fsp3) is 0. The molecule has 0 unspecified atom stereocenters. The second-order valence-corrected chi connectivity index (χ2v) is 5.98. The monoisotopic (exact) mass is 412 g/mol. The van der Waals surface area contributed by atoms with Gasteiger partial charge in [0.15, 0.2) is 0 Å². The maximum absolute atomic E-state index is 12.4. The summed E-state index contributed by atoms with van der Waals surface area (Å²) in [6.07, 6.45) is 4.46. The SMILES string of the molecule is O=C(NNC(=O)c1cccnc1Oc1ccc(Br)cc1)c1cccnc1. The number of amides is 2. The van der Waals surface area contributed by atoms with E-state index >= 15 is 0 Å². The van der Waals surface area contributed by atoms with E-state index in [1.165, 1.54) is 12.4 Å². The molecule has 3 rings (SSSR count). The molecular weight excluding hydrogens is 400 g/mol. The van der Waals surface area contributed by atoms with Crippen molar-refractivity contribution in [2.45, 2.75) is 0 Å². The minimum absolute atomic E-state index is 0.128. The Morgan fingerprint density at radius 2 is 1.65 bits per heavy atom. The standard InChI is InChI=1S/C18H13BrN4O3/c19-13-5-7-14(8-6-13)26-18-15(4-2-10-21-18)17(25)23-22-16(24)12-3-1-9-20-11-12/h1-11H,(H,22,24)(H,23,25). The van der Waals surface area contributed by atoms with E-state index in [9.17, 15) is 9.59 Å². The van der Waals surface area contributed by atoms with Crippen LogP contribution in [0.25, 0.3) is 0 Å². The maximum Gasteiger partial charge on any atom is 0.275 e. The number of pyridine rings is 2. The Kier molecular flexibility index (Phi) is 5.55. The molecule has 2 heterocycles. The molecule has 130 valence electrons. The van der Waals surface area contributed by atoms with Crippen LogP contribution >= 0.6 is 15.9 Å². The highest BCUT2D eigenvalue weighted by Gasteiger charge is 2.15. The van der Waals surface area contributed by atoms with Crippen LogP contribution in [0.5, 0.6) is 11.6 Å². The number of nitrogens with zero attached hydrogens (tertiary/aromatic N) is 2. The zero-order valence-corrected chi connectivity index (χ0v) is 14.9. The number of hydrogen-bond acceptors (Lipinski definition) is 5. The number of nitrogens with one attached hydrogen (secondary N) is 2. The van der Waals surface area contributed by atoms with Crippen molar-refractivity contribution in [3.63, 3.8) is 0 Å². The van der Waals surface area contributed by atoms with Gasteiger partial charge >= 0.3 is 0 Å². The first kappa shape index (κ1) is 17.6. The van der Waals surface area contributed by atoms with Gasteiger partial charge in [-0.05, 0) is 48.5 Å². The topological polar surface area (TPSA) is 93.2 Å². The largest absolute Gasteiger partial charge is 0.438 e. The lowest BCUT2D eigenvalue weighted by atomic mass is 10.2. The third-order valence-corrected chi connectivity index (χ3v) is 3.79. The molecule has 0 saturated heterocycles. The van der Waals surface area contributed by atoms with Crippen LogP contribution in [-0.4, -0.2) is 21.8 Å². The van der Waals surface area contributed by atoms with Crippen LogP contribution in [0.15, 0.2) is 71.6 Å². The van der Waals surface area contributed by atoms with E-state index in [1.807, 2.05) is 12.1 Å². The Balaban J connectivity index is 1.69. The molecule has 2 amide bonds. The summed E-state index contributed by atoms with van der Waals surface area (Å²) in [5.74, 6) is -0.378. The highest BCUT2D eigenvalue weighted by Crippen LogP contribution is 2.24. The fourth-order valence-corrected chi connectivity index (χ4v) is 2.27. The number of ether oxygens (including phenoxy) is 1. The summed E-state index contributed by atoms with van der Waals surface area (Å²) in [4.78, 5) is 32.3. The molecule has 0 fully saturated rings. The van der Waals surface area contributed by atoms with Crippen molar-refractivity contribution < 1.29 is 14.3 Å². The third kappa shape index (κ3) is 4.42. The molecule has 7 nitrogen and oxygen atoms in total. The summed E-state index contributed by atoms with van der Waals surface area (Å²) in [5, 5.41) is 0. The molecule has 0 radical (unpaired) electrons. The minimum atomic E-state index is -0.553. The first-order valence-corrected chi connectivity index (χ1v) is 8.32. The molecular formula is C18H13BrN4O3. The zero-order valence-electron chi connectivity index (χ0n) is 13.3. The lowest BCUT2D eigenvalue weighted by molar-refractivity contribution is 0.0844. The van der Waals surface area contributed by atoms with Gasteiger partial charge in [0, 0.05) is 23.1 Å². The second kappa shape index (κ2) is 8.21. The van der Waals surface area contributed by atoms with E-state index in [0.717, 1.165) is 4.47 Å². The number of carbonyl (C=O) groups is 2. The summed E-state index contributed by atoms with van der Waals surface area (Å²) in [6, 6.07) is 13.5. The van der Waals surface area contributed by atoms with Gasteiger partial charge in [0.05, 0.1) is 5.56 Å². The lowest BCUT2D eigenvalue weighted by Gasteiger charge is -2.11. The Morgan fingerprint density at radius 1 is 0.923 bits per heavy atom. The molecule has 0 aliphatic rings. The van der Waals surface area contributed by atoms with Crippen LogP contribution in [0.1, 0.15) is 20.7 Å². The van der Waals surface area contributed by atoms with Crippen molar-refractivity contribution in [3.05, 3.63) is 82.7 Å². The fourth-order valence-electron chi connectivity index (χ4n) is 2.01. The molecule has 3 aromatic rings. The van der Waals surface area contributed by atoms with Gasteiger partial charge in [-0.2, -0.15) is 0 Å². The second-order valence-electron chi connectivity index (χ2n) is 5.06. The molecule has 26 heavy (non-hydrogen) atoms. The van der Waals surface area contributed by atoms with Crippen LogP contribution in [0.2, 0.25) is 0 Å². The first-order valence-electron chi connectivity index (χ1n) is 7.52. The summed E-state index contributed by atoms with van der Waals surface area (Å²) in [7, 11) is 0. The van der Waals surface area contributed by atoms with Crippen molar-refractivity contribution in [2.75, 3.05) is 0 Å². The molecule has 0 atom stereocenters. The summed E-state index contributed by atoms with van der Waals surface area (Å²) < 4.78 is 6.57. The normalized spacial score (nSPS) is 10.0. The highest BCUT2D eigenvalue weighted by molar-refractivity contribution is 9.10. The van der Waals surface area contributed by atoms with Crippen LogP contribution in [0.3, 0.4) is 0 Å². The molecule has 0 aliphatic carbocycles. The number of benzene rings is 1. The third-order valence-electron chi connectivity index (χ3n) is 3.26. The van der Waals surface area contributed by atoms with Gasteiger partial charge in [-0.3, -0.25) is 25.4 Å². The van der Waals surface area contributed by atoms with E-state index in [2.05, 4.69) is 36.7 Å². The predicted octanol–water partition coefficient (Wildman–Crippen LogP) is 3.11. The average Bonchev–Trinajstić information content (AvgIpc) is 2.68. The number of rotatable bonds is 4. The molecule has 2 N–H and O–H groups in total. The first-order chi connectivity index (χ1) is 12.6.